The first-order valence-electron chi connectivity index (χ1n) is 9.12. The van der Waals surface area contributed by atoms with Crippen molar-refractivity contribution in [3.63, 3.8) is 0 Å². The van der Waals surface area contributed by atoms with Crippen LogP contribution in [0.15, 0.2) is 36.7 Å². The van der Waals surface area contributed by atoms with E-state index in [2.05, 4.69) is 22.0 Å². The first-order chi connectivity index (χ1) is 12.1. The van der Waals surface area contributed by atoms with Gasteiger partial charge in [-0.25, -0.2) is 0 Å². The largest absolute Gasteiger partial charge is 0.390 e. The maximum atomic E-state index is 12.5. The number of β-amino-alcohol motifs (C(OH)–C–C–N with tert-alkyl or cyclic N) is 1. The van der Waals surface area contributed by atoms with Gasteiger partial charge in [0.05, 0.1) is 12.1 Å². The van der Waals surface area contributed by atoms with Crippen LogP contribution in [-0.2, 0) is 11.3 Å². The molecule has 2 aliphatic rings. The van der Waals surface area contributed by atoms with Crippen LogP contribution >= 0.6 is 0 Å². The second-order valence-corrected chi connectivity index (χ2v) is 7.43. The van der Waals surface area contributed by atoms with E-state index >= 15 is 0 Å². The highest BCUT2D eigenvalue weighted by atomic mass is 16.3. The summed E-state index contributed by atoms with van der Waals surface area (Å²) < 4.78 is 0. The van der Waals surface area contributed by atoms with Crippen LogP contribution < -0.4 is 0 Å². The molecule has 0 spiro atoms. The summed E-state index contributed by atoms with van der Waals surface area (Å²) in [5, 5.41) is 12.8. The lowest BCUT2D eigenvalue weighted by atomic mass is 9.84. The molecular weight excluding hydrogens is 314 g/mol. The number of carbonyl (C=O) groups is 1. The second kappa shape index (κ2) is 6.73. The topological polar surface area (TPSA) is 56.7 Å². The van der Waals surface area contributed by atoms with Crippen LogP contribution in [0.1, 0.15) is 24.8 Å². The van der Waals surface area contributed by atoms with Crippen LogP contribution in [0.4, 0.5) is 0 Å². The molecule has 5 nitrogen and oxygen atoms in total. The number of aliphatic hydroxyl groups is 1. The highest BCUT2D eigenvalue weighted by Crippen LogP contribution is 2.30. The lowest BCUT2D eigenvalue weighted by Gasteiger charge is -2.30. The Labute approximate surface area is 148 Å². The van der Waals surface area contributed by atoms with Gasteiger partial charge in [0.1, 0.15) is 0 Å². The van der Waals surface area contributed by atoms with Gasteiger partial charge >= 0.3 is 0 Å². The SMILES string of the molecule is CN(Cc1cccc2cnccc12)[C@H]1CN(C(=O)C2CCC2)C[C@@H]1O. The van der Waals surface area contributed by atoms with E-state index in [9.17, 15) is 9.90 Å². The Morgan fingerprint density at radius 2 is 2.16 bits per heavy atom. The molecule has 2 fully saturated rings. The first kappa shape index (κ1) is 16.5. The fourth-order valence-corrected chi connectivity index (χ4v) is 4.01. The summed E-state index contributed by atoms with van der Waals surface area (Å²) in [6.45, 7) is 1.83. The van der Waals surface area contributed by atoms with Crippen LogP contribution in [0.2, 0.25) is 0 Å². The maximum absolute atomic E-state index is 12.5. The molecule has 2 heterocycles. The van der Waals surface area contributed by atoms with Crippen LogP contribution in [-0.4, -0.2) is 58.1 Å². The minimum atomic E-state index is -0.481. The second-order valence-electron chi connectivity index (χ2n) is 7.43. The number of aliphatic hydroxyl groups excluding tert-OH is 1. The van der Waals surface area contributed by atoms with Gasteiger partial charge in [-0.1, -0.05) is 24.6 Å². The molecule has 4 rings (SSSR count). The summed E-state index contributed by atoms with van der Waals surface area (Å²) in [7, 11) is 2.03. The van der Waals surface area contributed by atoms with Gasteiger partial charge in [-0.05, 0) is 36.9 Å². The van der Waals surface area contributed by atoms with Crippen molar-refractivity contribution in [1.29, 1.82) is 0 Å². The molecule has 132 valence electrons. The van der Waals surface area contributed by atoms with E-state index in [1.54, 1.807) is 0 Å². The van der Waals surface area contributed by atoms with Crippen molar-refractivity contribution in [3.8, 4) is 0 Å². The minimum Gasteiger partial charge on any atom is -0.390 e. The summed E-state index contributed by atoms with van der Waals surface area (Å²) in [6.07, 6.45) is 6.39. The number of likely N-dealkylation sites (N-methyl/N-ethyl adjacent to an activating group) is 1. The summed E-state index contributed by atoms with van der Waals surface area (Å²) in [4.78, 5) is 20.7. The molecule has 1 saturated carbocycles. The molecule has 1 amide bonds. The summed E-state index contributed by atoms with van der Waals surface area (Å²) in [6, 6.07) is 8.26. The Balaban J connectivity index is 1.47. The highest BCUT2D eigenvalue weighted by Gasteiger charge is 2.39. The molecule has 1 aliphatic carbocycles. The lowest BCUT2D eigenvalue weighted by Crippen LogP contribution is -2.41. The van der Waals surface area contributed by atoms with E-state index in [0.717, 1.165) is 31.2 Å². The number of hydrogen-bond acceptors (Lipinski definition) is 4. The first-order valence-corrected chi connectivity index (χ1v) is 9.12. The normalized spacial score (nSPS) is 24.0. The molecule has 1 saturated heterocycles. The number of likely N-dealkylation sites (tertiary alicyclic amines) is 1. The van der Waals surface area contributed by atoms with Crippen molar-refractivity contribution in [1.82, 2.24) is 14.8 Å². The number of hydrogen-bond donors (Lipinski definition) is 1. The van der Waals surface area contributed by atoms with Crippen molar-refractivity contribution < 1.29 is 9.90 Å². The number of rotatable bonds is 4. The van der Waals surface area contributed by atoms with E-state index < -0.39 is 6.10 Å². The number of pyridine rings is 1. The van der Waals surface area contributed by atoms with Gasteiger partial charge < -0.3 is 10.0 Å². The monoisotopic (exact) mass is 339 g/mol. The van der Waals surface area contributed by atoms with Gasteiger partial charge in [0.25, 0.3) is 0 Å². The maximum Gasteiger partial charge on any atom is 0.225 e. The van der Waals surface area contributed by atoms with E-state index in [0.29, 0.717) is 13.1 Å². The molecule has 2 aromatic rings. The number of carbonyl (C=O) groups excluding carboxylic acids is 1. The lowest BCUT2D eigenvalue weighted by molar-refractivity contribution is -0.137. The van der Waals surface area contributed by atoms with Gasteiger partial charge in [0.2, 0.25) is 5.91 Å². The molecule has 5 heteroatoms. The molecule has 25 heavy (non-hydrogen) atoms. The van der Waals surface area contributed by atoms with Gasteiger partial charge in [-0.15, -0.1) is 0 Å². The molecule has 0 radical (unpaired) electrons. The van der Waals surface area contributed by atoms with E-state index in [-0.39, 0.29) is 17.9 Å². The smallest absolute Gasteiger partial charge is 0.225 e. The third-order valence-corrected chi connectivity index (χ3v) is 5.78. The fourth-order valence-electron chi connectivity index (χ4n) is 4.01. The van der Waals surface area contributed by atoms with Gasteiger partial charge in [0.15, 0.2) is 0 Å². The number of nitrogens with zero attached hydrogens (tertiary/aromatic N) is 3. The Morgan fingerprint density at radius 3 is 2.92 bits per heavy atom. The predicted molar refractivity (Wildman–Crippen MR) is 96.9 cm³/mol. The molecule has 0 bridgehead atoms. The molecule has 1 N–H and O–H groups in total. The van der Waals surface area contributed by atoms with Crippen LogP contribution in [0, 0.1) is 5.92 Å². The highest BCUT2D eigenvalue weighted by molar-refractivity contribution is 5.84. The van der Waals surface area contributed by atoms with E-state index in [4.69, 9.17) is 0 Å². The molecule has 1 aliphatic heterocycles. The zero-order valence-corrected chi connectivity index (χ0v) is 14.6. The Kier molecular flexibility index (Phi) is 4.44. The number of fused-ring (bicyclic) bond motifs is 1. The van der Waals surface area contributed by atoms with Crippen LogP contribution in [0.5, 0.6) is 0 Å². The van der Waals surface area contributed by atoms with Gasteiger partial charge in [0, 0.05) is 43.3 Å². The number of aromatic nitrogens is 1. The zero-order chi connectivity index (χ0) is 17.4. The van der Waals surface area contributed by atoms with Crippen molar-refractivity contribution in [2.45, 2.75) is 38.0 Å². The van der Waals surface area contributed by atoms with Crippen molar-refractivity contribution in [2.75, 3.05) is 20.1 Å². The fraction of sp³-hybridized carbons (Fsp3) is 0.500. The van der Waals surface area contributed by atoms with Gasteiger partial charge in [-0.3, -0.25) is 14.7 Å². The standard InChI is InChI=1S/C20H25N3O2/c1-22(11-16-7-3-6-15-10-21-9-8-17(15)16)18-12-23(13-19(18)24)20(25)14-4-2-5-14/h3,6-10,14,18-19,24H,2,4-5,11-13H2,1H3/t18-,19-/m0/s1. The number of amides is 1. The van der Waals surface area contributed by atoms with Gasteiger partial charge in [-0.2, -0.15) is 0 Å². The molecule has 2 atom stereocenters. The average molecular weight is 339 g/mol. The minimum absolute atomic E-state index is 0.0129. The quantitative estimate of drug-likeness (QED) is 0.926. The molecule has 1 aromatic heterocycles. The van der Waals surface area contributed by atoms with E-state index in [1.165, 1.54) is 10.9 Å². The predicted octanol–water partition coefficient (Wildman–Crippen LogP) is 2.04. The summed E-state index contributed by atoms with van der Waals surface area (Å²) in [5.41, 5.74) is 1.22. The molecule has 0 unspecified atom stereocenters. The van der Waals surface area contributed by atoms with Crippen molar-refractivity contribution >= 4 is 16.7 Å². The van der Waals surface area contributed by atoms with E-state index in [1.807, 2.05) is 36.5 Å². The van der Waals surface area contributed by atoms with Crippen LogP contribution in [0.25, 0.3) is 10.8 Å². The summed E-state index contributed by atoms with van der Waals surface area (Å²) in [5.74, 6) is 0.430. The third kappa shape index (κ3) is 3.14. The Bertz CT molecular complexity index is 769. The average Bonchev–Trinajstić information content (AvgIpc) is 2.95. The van der Waals surface area contributed by atoms with Crippen molar-refractivity contribution in [2.24, 2.45) is 5.92 Å². The Morgan fingerprint density at radius 1 is 1.32 bits per heavy atom. The van der Waals surface area contributed by atoms with Crippen molar-refractivity contribution in [3.05, 3.63) is 42.2 Å². The molecular formula is C20H25N3O2. The molecule has 1 aromatic carbocycles. The third-order valence-electron chi connectivity index (χ3n) is 5.78. The Hall–Kier alpha value is -1.98. The zero-order valence-electron chi connectivity index (χ0n) is 14.6. The number of benzene rings is 1. The summed E-state index contributed by atoms with van der Waals surface area (Å²) >= 11 is 0. The van der Waals surface area contributed by atoms with Crippen LogP contribution in [0.3, 0.4) is 0 Å².